The van der Waals surface area contributed by atoms with Gasteiger partial charge in [0.05, 0.1) is 5.70 Å². The van der Waals surface area contributed by atoms with E-state index in [4.69, 9.17) is 2.74 Å². The zero-order chi connectivity index (χ0) is 10.8. The maximum atomic E-state index is 11.2. The molecule has 0 bridgehead atoms. The lowest BCUT2D eigenvalue weighted by Gasteiger charge is -2.02. The molecule has 4 heteroatoms. The standard InChI is InChI=1S/C8H10O3S/c1-2-12(9,10)11-8-6-4-3-5-7-8/h3-7H,2H2,1H3/i2D2. The molecule has 0 spiro atoms. The summed E-state index contributed by atoms with van der Waals surface area (Å²) in [7, 11) is -4.22. The molecule has 0 amide bonds. The van der Waals surface area contributed by atoms with Gasteiger partial charge in [-0.2, -0.15) is 8.42 Å². The van der Waals surface area contributed by atoms with E-state index in [-0.39, 0.29) is 5.75 Å². The van der Waals surface area contributed by atoms with Crippen molar-refractivity contribution in [1.29, 1.82) is 0 Å². The molecule has 1 aromatic carbocycles. The summed E-state index contributed by atoms with van der Waals surface area (Å²) in [6.07, 6.45) is 0. The summed E-state index contributed by atoms with van der Waals surface area (Å²) in [6, 6.07) is 7.82. The van der Waals surface area contributed by atoms with Crippen molar-refractivity contribution in [2.75, 3.05) is 5.70 Å². The van der Waals surface area contributed by atoms with E-state index in [1.165, 1.54) is 12.1 Å². The summed E-state index contributed by atoms with van der Waals surface area (Å²) in [4.78, 5) is 0. The fourth-order valence-corrected chi connectivity index (χ4v) is 1.09. The highest BCUT2D eigenvalue weighted by atomic mass is 32.2. The Bertz CT molecular complexity index is 394. The Balaban J connectivity index is 2.91. The Morgan fingerprint density at radius 3 is 2.50 bits per heavy atom. The van der Waals surface area contributed by atoms with Crippen LogP contribution in [0.1, 0.15) is 9.67 Å². The van der Waals surface area contributed by atoms with Crippen LogP contribution in [0.3, 0.4) is 0 Å². The molecule has 0 aliphatic carbocycles. The molecule has 66 valence electrons. The lowest BCUT2D eigenvalue weighted by molar-refractivity contribution is 0.487. The van der Waals surface area contributed by atoms with Gasteiger partial charge < -0.3 is 4.18 Å². The molecule has 0 aliphatic rings. The third kappa shape index (κ3) is 2.54. The van der Waals surface area contributed by atoms with Crippen molar-refractivity contribution in [2.24, 2.45) is 0 Å². The molecule has 1 aromatic rings. The van der Waals surface area contributed by atoms with Crippen molar-refractivity contribution in [1.82, 2.24) is 0 Å². The van der Waals surface area contributed by atoms with Crippen LogP contribution in [0.25, 0.3) is 0 Å². The van der Waals surface area contributed by atoms with Gasteiger partial charge in [-0.25, -0.2) is 0 Å². The molecule has 12 heavy (non-hydrogen) atoms. The maximum Gasteiger partial charge on any atom is 0.308 e. The Hall–Kier alpha value is -1.03. The highest BCUT2D eigenvalue weighted by Gasteiger charge is 2.07. The molecule has 0 saturated heterocycles. The third-order valence-corrected chi connectivity index (χ3v) is 2.11. The van der Waals surface area contributed by atoms with E-state index in [9.17, 15) is 8.42 Å². The van der Waals surface area contributed by atoms with Crippen LogP contribution in [-0.2, 0) is 10.1 Å². The average molecular weight is 188 g/mol. The highest BCUT2D eigenvalue weighted by Crippen LogP contribution is 2.11. The van der Waals surface area contributed by atoms with Gasteiger partial charge in [0, 0.05) is 2.74 Å². The monoisotopic (exact) mass is 188 g/mol. The van der Waals surface area contributed by atoms with Crippen LogP contribution in [0.15, 0.2) is 30.3 Å². The molecule has 0 radical (unpaired) electrons. The number of hydrogen-bond donors (Lipinski definition) is 0. The SMILES string of the molecule is [2H]C([2H])(C)S(=O)(=O)Oc1ccccc1. The molecular formula is C8H10O3S. The Kier molecular flexibility index (Phi) is 1.93. The molecule has 0 heterocycles. The van der Waals surface area contributed by atoms with Gasteiger partial charge in [-0.05, 0) is 19.1 Å². The molecule has 0 aromatic heterocycles. The first-order chi connectivity index (χ1) is 6.33. The van der Waals surface area contributed by atoms with Gasteiger partial charge in [0.1, 0.15) is 5.75 Å². The second-order valence-corrected chi connectivity index (χ2v) is 3.54. The fourth-order valence-electron chi connectivity index (χ4n) is 0.644. The van der Waals surface area contributed by atoms with Crippen molar-refractivity contribution in [2.45, 2.75) is 6.92 Å². The largest absolute Gasteiger partial charge is 0.382 e. The topological polar surface area (TPSA) is 43.4 Å². The van der Waals surface area contributed by atoms with Crippen molar-refractivity contribution in [3.63, 3.8) is 0 Å². The van der Waals surface area contributed by atoms with E-state index in [1.807, 2.05) is 0 Å². The summed E-state index contributed by atoms with van der Waals surface area (Å²) in [5.74, 6) is 0.109. The van der Waals surface area contributed by atoms with Gasteiger partial charge in [-0.1, -0.05) is 18.2 Å². The van der Waals surface area contributed by atoms with Crippen LogP contribution in [0.5, 0.6) is 5.75 Å². The van der Waals surface area contributed by atoms with E-state index in [2.05, 4.69) is 4.18 Å². The second-order valence-electron chi connectivity index (χ2n) is 2.05. The van der Waals surface area contributed by atoms with Crippen LogP contribution < -0.4 is 4.18 Å². The van der Waals surface area contributed by atoms with Gasteiger partial charge in [0.15, 0.2) is 0 Å². The van der Waals surface area contributed by atoms with Crippen LogP contribution in [0, 0.1) is 0 Å². The smallest absolute Gasteiger partial charge is 0.308 e. The first kappa shape index (κ1) is 6.48. The molecule has 0 N–H and O–H groups in total. The van der Waals surface area contributed by atoms with Crippen molar-refractivity contribution < 1.29 is 15.3 Å². The first-order valence-corrected chi connectivity index (χ1v) is 4.73. The lowest BCUT2D eigenvalue weighted by Crippen LogP contribution is -2.11. The van der Waals surface area contributed by atoms with Gasteiger partial charge in [-0.3, -0.25) is 0 Å². The predicted octanol–water partition coefficient (Wildman–Crippen LogP) is 1.42. The highest BCUT2D eigenvalue weighted by molar-refractivity contribution is 7.87. The minimum Gasteiger partial charge on any atom is -0.382 e. The molecule has 0 saturated carbocycles. The quantitative estimate of drug-likeness (QED) is 0.674. The normalized spacial score (nSPS) is 14.8. The first-order valence-electron chi connectivity index (χ1n) is 4.32. The Morgan fingerprint density at radius 1 is 1.42 bits per heavy atom. The van der Waals surface area contributed by atoms with Gasteiger partial charge in [0.25, 0.3) is 0 Å². The van der Waals surface area contributed by atoms with E-state index < -0.39 is 15.8 Å². The van der Waals surface area contributed by atoms with Crippen molar-refractivity contribution in [3.8, 4) is 5.75 Å². The predicted molar refractivity (Wildman–Crippen MR) is 46.5 cm³/mol. The second kappa shape index (κ2) is 3.58. The van der Waals surface area contributed by atoms with Gasteiger partial charge in [-0.15, -0.1) is 0 Å². The molecule has 3 nitrogen and oxygen atoms in total. The average Bonchev–Trinajstić information content (AvgIpc) is 2.03. The number of rotatable bonds is 3. The zero-order valence-electron chi connectivity index (χ0n) is 8.52. The van der Waals surface area contributed by atoms with Crippen LogP contribution in [0.4, 0.5) is 0 Å². The number of benzene rings is 1. The number of para-hydroxylation sites is 1. The minimum absolute atomic E-state index is 0.109. The fraction of sp³-hybridized carbons (Fsp3) is 0.250. The summed E-state index contributed by atoms with van der Waals surface area (Å²) in [5, 5.41) is 0. The van der Waals surface area contributed by atoms with Crippen molar-refractivity contribution >= 4 is 10.1 Å². The summed E-state index contributed by atoms with van der Waals surface area (Å²) in [5.41, 5.74) is -2.40. The van der Waals surface area contributed by atoms with Gasteiger partial charge in [0.2, 0.25) is 0 Å². The number of hydrogen-bond acceptors (Lipinski definition) is 3. The zero-order valence-corrected chi connectivity index (χ0v) is 7.34. The molecule has 0 aliphatic heterocycles. The Labute approximate surface area is 74.9 Å². The van der Waals surface area contributed by atoms with E-state index in [0.29, 0.717) is 0 Å². The summed E-state index contributed by atoms with van der Waals surface area (Å²) >= 11 is 0. The van der Waals surface area contributed by atoms with Crippen LogP contribution in [-0.4, -0.2) is 14.1 Å². The van der Waals surface area contributed by atoms with Gasteiger partial charge >= 0.3 is 10.1 Å². The van der Waals surface area contributed by atoms with Crippen molar-refractivity contribution in [3.05, 3.63) is 30.3 Å². The van der Waals surface area contributed by atoms with Crippen LogP contribution >= 0.6 is 0 Å². The van der Waals surface area contributed by atoms with E-state index in [0.717, 1.165) is 6.92 Å². The third-order valence-electron chi connectivity index (χ3n) is 1.20. The lowest BCUT2D eigenvalue weighted by atomic mass is 10.3. The summed E-state index contributed by atoms with van der Waals surface area (Å²) < 4.78 is 41.1. The maximum absolute atomic E-state index is 11.2. The Morgan fingerprint density at radius 2 is 2.00 bits per heavy atom. The molecule has 0 atom stereocenters. The van der Waals surface area contributed by atoms with E-state index >= 15 is 0 Å². The molecule has 0 unspecified atom stereocenters. The van der Waals surface area contributed by atoms with E-state index in [1.54, 1.807) is 18.2 Å². The molecule has 1 rings (SSSR count). The summed E-state index contributed by atoms with van der Waals surface area (Å²) in [6.45, 7) is 0.936. The van der Waals surface area contributed by atoms with Crippen LogP contribution in [0.2, 0.25) is 0 Å². The minimum atomic E-state index is -4.22. The molecular weight excluding hydrogens is 176 g/mol. The molecule has 0 fully saturated rings.